The Balaban J connectivity index is 1.71. The van der Waals surface area contributed by atoms with E-state index in [1.54, 1.807) is 55.5 Å². The summed E-state index contributed by atoms with van der Waals surface area (Å²) < 4.78 is 39.8. The number of methoxy groups -OCH3 is 2. The van der Waals surface area contributed by atoms with Gasteiger partial charge in [0, 0.05) is 17.6 Å². The standard InChI is InChI=1S/C31H36ClN3O6S/c1-22(31(37)33-25-8-4-5-9-25)34(20-23-12-14-24(32)15-13-23)30(36)21-35(28-10-6-7-11-29(28)41-3)42(38,39)27-18-16-26(40-2)17-19-27/h6-7,10-19,22,25H,4-5,8-9,20-21H2,1-3H3,(H,33,37)/t22-/m0/s1. The van der Waals surface area contributed by atoms with Gasteiger partial charge in [0.15, 0.2) is 0 Å². The number of rotatable bonds is 12. The van der Waals surface area contributed by atoms with Crippen LogP contribution in [0.1, 0.15) is 38.2 Å². The first-order valence-corrected chi connectivity index (χ1v) is 15.6. The molecule has 0 heterocycles. The van der Waals surface area contributed by atoms with Crippen LogP contribution in [-0.2, 0) is 26.2 Å². The van der Waals surface area contributed by atoms with E-state index in [-0.39, 0.29) is 34.8 Å². The first-order chi connectivity index (χ1) is 20.1. The van der Waals surface area contributed by atoms with Crippen molar-refractivity contribution in [2.45, 2.75) is 56.1 Å². The van der Waals surface area contributed by atoms with E-state index in [0.29, 0.717) is 10.8 Å². The fraction of sp³-hybridized carbons (Fsp3) is 0.355. The molecule has 3 aromatic rings. The number of nitrogens with one attached hydrogen (secondary N) is 1. The highest BCUT2D eigenvalue weighted by Gasteiger charge is 2.34. The van der Waals surface area contributed by atoms with E-state index >= 15 is 0 Å². The van der Waals surface area contributed by atoms with Crippen LogP contribution < -0.4 is 19.1 Å². The van der Waals surface area contributed by atoms with Gasteiger partial charge in [-0.1, -0.05) is 48.7 Å². The molecule has 0 radical (unpaired) electrons. The summed E-state index contributed by atoms with van der Waals surface area (Å²) in [5.41, 5.74) is 0.939. The van der Waals surface area contributed by atoms with Crippen molar-refractivity contribution in [2.75, 3.05) is 25.1 Å². The molecular weight excluding hydrogens is 578 g/mol. The number of hydrogen-bond acceptors (Lipinski definition) is 6. The summed E-state index contributed by atoms with van der Waals surface area (Å²) >= 11 is 6.07. The van der Waals surface area contributed by atoms with E-state index in [1.807, 2.05) is 0 Å². The van der Waals surface area contributed by atoms with E-state index in [9.17, 15) is 18.0 Å². The Kier molecular flexibility index (Phi) is 10.3. The molecule has 1 saturated carbocycles. The van der Waals surface area contributed by atoms with E-state index in [1.165, 1.54) is 43.4 Å². The van der Waals surface area contributed by atoms with Gasteiger partial charge in [-0.15, -0.1) is 0 Å². The first-order valence-electron chi connectivity index (χ1n) is 13.8. The average Bonchev–Trinajstić information content (AvgIpc) is 3.52. The first kappa shape index (κ1) is 31.2. The van der Waals surface area contributed by atoms with Gasteiger partial charge in [-0.25, -0.2) is 8.42 Å². The average molecular weight is 614 g/mol. The highest BCUT2D eigenvalue weighted by Crippen LogP contribution is 2.33. The van der Waals surface area contributed by atoms with Gasteiger partial charge in [0.05, 0.1) is 24.8 Å². The maximum Gasteiger partial charge on any atom is 0.264 e. The molecule has 0 unspecified atom stereocenters. The van der Waals surface area contributed by atoms with E-state index in [2.05, 4.69) is 5.32 Å². The van der Waals surface area contributed by atoms with Crippen molar-refractivity contribution in [1.29, 1.82) is 0 Å². The highest BCUT2D eigenvalue weighted by molar-refractivity contribution is 7.92. The number of ether oxygens (including phenoxy) is 2. The molecule has 1 N–H and O–H groups in total. The summed E-state index contributed by atoms with van der Waals surface area (Å²) in [5, 5.41) is 3.60. The Morgan fingerprint density at radius 3 is 2.21 bits per heavy atom. The second kappa shape index (κ2) is 13.9. The SMILES string of the molecule is COc1ccc(S(=O)(=O)N(CC(=O)N(Cc2ccc(Cl)cc2)[C@@H](C)C(=O)NC2CCCC2)c2ccccc2OC)cc1. The van der Waals surface area contributed by atoms with E-state index in [4.69, 9.17) is 21.1 Å². The van der Waals surface area contributed by atoms with E-state index < -0.39 is 28.5 Å². The maximum absolute atomic E-state index is 14.1. The Labute approximate surface area is 252 Å². The molecule has 3 aromatic carbocycles. The summed E-state index contributed by atoms with van der Waals surface area (Å²) in [6.07, 6.45) is 3.88. The molecule has 1 aliphatic rings. The second-order valence-electron chi connectivity index (χ2n) is 10.2. The van der Waals surface area contributed by atoms with Crippen molar-refractivity contribution in [1.82, 2.24) is 10.2 Å². The van der Waals surface area contributed by atoms with Gasteiger partial charge < -0.3 is 19.7 Å². The number of carbonyl (C=O) groups is 2. The molecule has 0 bridgehead atoms. The number of nitrogens with zero attached hydrogens (tertiary/aromatic N) is 2. The zero-order chi connectivity index (χ0) is 30.3. The molecule has 0 spiro atoms. The zero-order valence-corrected chi connectivity index (χ0v) is 25.5. The molecule has 11 heteroatoms. The van der Waals surface area contributed by atoms with Gasteiger partial charge in [0.2, 0.25) is 11.8 Å². The lowest BCUT2D eigenvalue weighted by Gasteiger charge is -2.32. The number of hydrogen-bond donors (Lipinski definition) is 1. The molecule has 0 saturated heterocycles. The summed E-state index contributed by atoms with van der Waals surface area (Å²) in [6.45, 7) is 1.17. The number of anilines is 1. The third-order valence-corrected chi connectivity index (χ3v) is 9.44. The van der Waals surface area contributed by atoms with Crippen molar-refractivity contribution in [3.63, 3.8) is 0 Å². The molecule has 9 nitrogen and oxygen atoms in total. The van der Waals surface area contributed by atoms with Crippen LogP contribution in [0.5, 0.6) is 11.5 Å². The minimum Gasteiger partial charge on any atom is -0.497 e. The molecule has 0 aromatic heterocycles. The van der Waals surface area contributed by atoms with E-state index in [0.717, 1.165) is 35.6 Å². The Hall–Kier alpha value is -3.76. The third-order valence-electron chi connectivity index (χ3n) is 7.42. The second-order valence-corrected chi connectivity index (χ2v) is 12.5. The normalized spacial score (nSPS) is 14.2. The Morgan fingerprint density at radius 2 is 1.60 bits per heavy atom. The van der Waals surface area contributed by atoms with Crippen molar-refractivity contribution in [2.24, 2.45) is 0 Å². The third kappa shape index (κ3) is 7.35. The lowest BCUT2D eigenvalue weighted by Crippen LogP contribution is -2.52. The van der Waals surface area contributed by atoms with Gasteiger partial charge in [-0.2, -0.15) is 0 Å². The van der Waals surface area contributed by atoms with Crippen molar-refractivity contribution < 1.29 is 27.5 Å². The molecule has 0 aliphatic heterocycles. The van der Waals surface area contributed by atoms with Crippen LogP contribution in [0.3, 0.4) is 0 Å². The fourth-order valence-corrected chi connectivity index (χ4v) is 6.54. The summed E-state index contributed by atoms with van der Waals surface area (Å²) in [7, 11) is -1.33. The van der Waals surface area contributed by atoms with Crippen LogP contribution >= 0.6 is 11.6 Å². The Morgan fingerprint density at radius 1 is 0.952 bits per heavy atom. The lowest BCUT2D eigenvalue weighted by molar-refractivity contribution is -0.139. The van der Waals surface area contributed by atoms with Crippen molar-refractivity contribution in [3.8, 4) is 11.5 Å². The molecule has 2 amide bonds. The van der Waals surface area contributed by atoms with Gasteiger partial charge in [-0.05, 0) is 73.9 Å². The number of benzene rings is 3. The van der Waals surface area contributed by atoms with Gasteiger partial charge in [0.1, 0.15) is 24.1 Å². The molecule has 1 fully saturated rings. The molecule has 42 heavy (non-hydrogen) atoms. The minimum atomic E-state index is -4.25. The summed E-state index contributed by atoms with van der Waals surface area (Å²) in [5.74, 6) is -0.0724. The summed E-state index contributed by atoms with van der Waals surface area (Å²) in [4.78, 5) is 28.8. The predicted octanol–water partition coefficient (Wildman–Crippen LogP) is 5.03. The monoisotopic (exact) mass is 613 g/mol. The largest absolute Gasteiger partial charge is 0.497 e. The number of sulfonamides is 1. The number of amides is 2. The smallest absolute Gasteiger partial charge is 0.264 e. The maximum atomic E-state index is 14.1. The van der Waals surface area contributed by atoms with Gasteiger partial charge in [-0.3, -0.25) is 13.9 Å². The number of carbonyl (C=O) groups excluding carboxylic acids is 2. The molecule has 4 rings (SSSR count). The highest BCUT2D eigenvalue weighted by atomic mass is 35.5. The van der Waals surface area contributed by atoms with Crippen LogP contribution in [0.25, 0.3) is 0 Å². The van der Waals surface area contributed by atoms with Crippen LogP contribution in [0.4, 0.5) is 5.69 Å². The fourth-order valence-electron chi connectivity index (χ4n) is 4.99. The van der Waals surface area contributed by atoms with Crippen molar-refractivity contribution in [3.05, 3.63) is 83.4 Å². The molecule has 1 atom stereocenters. The summed E-state index contributed by atoms with van der Waals surface area (Å²) in [6, 6.07) is 18.7. The lowest BCUT2D eigenvalue weighted by atomic mass is 10.1. The topological polar surface area (TPSA) is 105 Å². The van der Waals surface area contributed by atoms with Gasteiger partial charge in [0.25, 0.3) is 10.0 Å². The van der Waals surface area contributed by atoms with Gasteiger partial charge >= 0.3 is 0 Å². The number of halogens is 1. The molecule has 1 aliphatic carbocycles. The van der Waals surface area contributed by atoms with Crippen molar-refractivity contribution >= 4 is 39.1 Å². The number of para-hydroxylation sites is 2. The zero-order valence-electron chi connectivity index (χ0n) is 24.0. The minimum absolute atomic E-state index is 0.0294. The van der Waals surface area contributed by atoms with Crippen LogP contribution in [0, 0.1) is 0 Å². The predicted molar refractivity (Wildman–Crippen MR) is 162 cm³/mol. The van der Waals surface area contributed by atoms with Crippen LogP contribution in [0.2, 0.25) is 5.02 Å². The molecule has 224 valence electrons. The molecular formula is C31H36ClN3O6S. The van der Waals surface area contributed by atoms with Crippen LogP contribution in [-0.4, -0.2) is 58.0 Å². The quantitative estimate of drug-likeness (QED) is 0.307. The Bertz CT molecular complexity index is 1480. The van der Waals surface area contributed by atoms with Crippen LogP contribution in [0.15, 0.2) is 77.7 Å².